The van der Waals surface area contributed by atoms with Crippen LogP contribution in [0.25, 0.3) is 10.9 Å². The van der Waals surface area contributed by atoms with E-state index in [4.69, 9.17) is 16.3 Å². The molecule has 1 N–H and O–H groups in total. The van der Waals surface area contributed by atoms with Crippen molar-refractivity contribution in [2.45, 2.75) is 6.92 Å². The van der Waals surface area contributed by atoms with E-state index >= 15 is 0 Å². The Morgan fingerprint density at radius 1 is 1.42 bits per heavy atom. The number of carboxylic acid groups (broad SMARTS) is 1. The number of aryl methyl sites for hydroxylation is 2. The highest BCUT2D eigenvalue weighted by molar-refractivity contribution is 6.35. The van der Waals surface area contributed by atoms with Crippen LogP contribution in [0.4, 0.5) is 0 Å². The average molecular weight is 282 g/mol. The van der Waals surface area contributed by atoms with Crippen LogP contribution in [0.15, 0.2) is 16.9 Å². The summed E-state index contributed by atoms with van der Waals surface area (Å²) in [5, 5.41) is 10.1. The molecule has 0 atom stereocenters. The van der Waals surface area contributed by atoms with Crippen LogP contribution in [-0.2, 0) is 7.05 Å². The number of rotatable bonds is 2. The van der Waals surface area contributed by atoms with Crippen molar-refractivity contribution in [2.24, 2.45) is 7.05 Å². The van der Waals surface area contributed by atoms with E-state index in [-0.39, 0.29) is 5.56 Å². The fourth-order valence-corrected chi connectivity index (χ4v) is 2.50. The van der Waals surface area contributed by atoms with Crippen LogP contribution >= 0.6 is 11.6 Å². The summed E-state index contributed by atoms with van der Waals surface area (Å²) in [4.78, 5) is 23.3. The number of hydrogen-bond acceptors (Lipinski definition) is 3. The summed E-state index contributed by atoms with van der Waals surface area (Å²) in [5.74, 6) is -0.781. The van der Waals surface area contributed by atoms with Crippen molar-refractivity contribution in [2.75, 3.05) is 7.11 Å². The monoisotopic (exact) mass is 281 g/mol. The SMILES string of the molecule is COc1ccc(Cl)c2c1c(C)c(C(=O)O)c(=O)n2C. The Hall–Kier alpha value is -2.01. The predicted molar refractivity (Wildman–Crippen MR) is 72.4 cm³/mol. The van der Waals surface area contributed by atoms with Crippen molar-refractivity contribution >= 4 is 28.5 Å². The van der Waals surface area contributed by atoms with Gasteiger partial charge in [0.25, 0.3) is 5.56 Å². The molecule has 0 aliphatic rings. The minimum absolute atomic E-state index is 0.268. The van der Waals surface area contributed by atoms with Crippen molar-refractivity contribution in [3.8, 4) is 5.75 Å². The van der Waals surface area contributed by atoms with Gasteiger partial charge in [-0.2, -0.15) is 0 Å². The molecule has 0 radical (unpaired) electrons. The largest absolute Gasteiger partial charge is 0.496 e. The molecule has 0 aliphatic carbocycles. The van der Waals surface area contributed by atoms with Crippen molar-refractivity contribution in [3.05, 3.63) is 38.6 Å². The molecular formula is C13H12ClNO4. The molecule has 0 spiro atoms. The number of carbonyl (C=O) groups is 1. The minimum Gasteiger partial charge on any atom is -0.496 e. The first-order chi connectivity index (χ1) is 8.90. The summed E-state index contributed by atoms with van der Waals surface area (Å²) >= 11 is 6.10. The van der Waals surface area contributed by atoms with E-state index in [2.05, 4.69) is 0 Å². The normalized spacial score (nSPS) is 10.7. The fourth-order valence-electron chi connectivity index (χ4n) is 2.21. The van der Waals surface area contributed by atoms with Crippen LogP contribution in [0.1, 0.15) is 15.9 Å². The van der Waals surface area contributed by atoms with E-state index in [1.54, 1.807) is 19.1 Å². The van der Waals surface area contributed by atoms with Crippen molar-refractivity contribution < 1.29 is 14.6 Å². The molecule has 100 valence electrons. The molecule has 0 saturated heterocycles. The number of ether oxygens (including phenoxy) is 1. The first-order valence-electron chi connectivity index (χ1n) is 5.49. The third kappa shape index (κ3) is 1.86. The van der Waals surface area contributed by atoms with Gasteiger partial charge in [0.2, 0.25) is 0 Å². The van der Waals surface area contributed by atoms with Gasteiger partial charge in [0.1, 0.15) is 11.3 Å². The van der Waals surface area contributed by atoms with Crippen molar-refractivity contribution in [3.63, 3.8) is 0 Å². The van der Waals surface area contributed by atoms with Crippen molar-refractivity contribution in [1.82, 2.24) is 4.57 Å². The highest BCUT2D eigenvalue weighted by Gasteiger charge is 2.21. The van der Waals surface area contributed by atoms with Gasteiger partial charge in [-0.3, -0.25) is 4.79 Å². The zero-order valence-corrected chi connectivity index (χ0v) is 11.4. The molecular weight excluding hydrogens is 270 g/mol. The summed E-state index contributed by atoms with van der Waals surface area (Å²) in [6.07, 6.45) is 0. The lowest BCUT2D eigenvalue weighted by Gasteiger charge is -2.14. The molecule has 1 aromatic heterocycles. The number of hydrogen-bond donors (Lipinski definition) is 1. The van der Waals surface area contributed by atoms with E-state index < -0.39 is 11.5 Å². The molecule has 0 bridgehead atoms. The number of carboxylic acids is 1. The van der Waals surface area contributed by atoms with Crippen LogP contribution in [0, 0.1) is 6.92 Å². The molecule has 0 unspecified atom stereocenters. The third-order valence-corrected chi connectivity index (χ3v) is 3.43. The van der Waals surface area contributed by atoms with Crippen LogP contribution in [-0.4, -0.2) is 22.8 Å². The smallest absolute Gasteiger partial charge is 0.341 e. The first kappa shape index (κ1) is 13.4. The van der Waals surface area contributed by atoms with Crippen molar-refractivity contribution in [1.29, 1.82) is 0 Å². The Kier molecular flexibility index (Phi) is 3.24. The van der Waals surface area contributed by atoms with Gasteiger partial charge in [0, 0.05) is 12.4 Å². The summed E-state index contributed by atoms with van der Waals surface area (Å²) in [7, 11) is 2.97. The maximum atomic E-state index is 12.1. The Morgan fingerprint density at radius 2 is 2.05 bits per heavy atom. The van der Waals surface area contributed by atoms with Crippen LogP contribution in [0.5, 0.6) is 5.75 Å². The van der Waals surface area contributed by atoms with Gasteiger partial charge in [0.05, 0.1) is 17.6 Å². The van der Waals surface area contributed by atoms with Gasteiger partial charge < -0.3 is 14.4 Å². The van der Waals surface area contributed by atoms with Crippen LogP contribution in [0.3, 0.4) is 0 Å². The average Bonchev–Trinajstić information content (AvgIpc) is 2.35. The first-order valence-corrected chi connectivity index (χ1v) is 5.87. The molecule has 0 amide bonds. The van der Waals surface area contributed by atoms with Gasteiger partial charge >= 0.3 is 5.97 Å². The third-order valence-electron chi connectivity index (χ3n) is 3.13. The zero-order valence-electron chi connectivity index (χ0n) is 10.7. The molecule has 6 heteroatoms. The second kappa shape index (κ2) is 4.59. The number of halogens is 1. The second-order valence-corrected chi connectivity index (χ2v) is 4.55. The summed E-state index contributed by atoms with van der Waals surface area (Å²) in [6.45, 7) is 1.58. The van der Waals surface area contributed by atoms with Gasteiger partial charge in [-0.1, -0.05) is 11.6 Å². The topological polar surface area (TPSA) is 68.5 Å². The van der Waals surface area contributed by atoms with E-state index in [1.807, 2.05) is 0 Å². The molecule has 0 saturated carbocycles. The lowest BCUT2D eigenvalue weighted by atomic mass is 10.0. The van der Waals surface area contributed by atoms with E-state index in [0.717, 1.165) is 0 Å². The highest BCUT2D eigenvalue weighted by Crippen LogP contribution is 2.33. The Balaban J connectivity index is 3.16. The second-order valence-electron chi connectivity index (χ2n) is 4.14. The maximum Gasteiger partial charge on any atom is 0.341 e. The molecule has 1 aromatic carbocycles. The number of aromatic nitrogens is 1. The van der Waals surface area contributed by atoms with Gasteiger partial charge in [-0.15, -0.1) is 0 Å². The minimum atomic E-state index is -1.26. The fraction of sp³-hybridized carbons (Fsp3) is 0.231. The van der Waals surface area contributed by atoms with Gasteiger partial charge in [0.15, 0.2) is 0 Å². The lowest BCUT2D eigenvalue weighted by Crippen LogP contribution is -2.26. The molecule has 2 aromatic rings. The number of aromatic carboxylic acids is 1. The molecule has 0 fully saturated rings. The molecule has 1 heterocycles. The number of fused-ring (bicyclic) bond motifs is 1. The summed E-state index contributed by atoms with van der Waals surface area (Å²) in [5.41, 5.74) is -0.0401. The van der Waals surface area contributed by atoms with Gasteiger partial charge in [-0.05, 0) is 24.6 Å². The van der Waals surface area contributed by atoms with E-state index in [9.17, 15) is 14.7 Å². The quantitative estimate of drug-likeness (QED) is 0.916. The van der Waals surface area contributed by atoms with Crippen LogP contribution < -0.4 is 10.3 Å². The predicted octanol–water partition coefficient (Wildman–Crippen LogP) is 2.21. The van der Waals surface area contributed by atoms with Gasteiger partial charge in [-0.25, -0.2) is 4.79 Å². The number of pyridine rings is 1. The highest BCUT2D eigenvalue weighted by atomic mass is 35.5. The van der Waals surface area contributed by atoms with E-state index in [0.29, 0.717) is 27.2 Å². The Morgan fingerprint density at radius 3 is 2.58 bits per heavy atom. The molecule has 5 nitrogen and oxygen atoms in total. The number of benzene rings is 1. The Bertz CT molecular complexity index is 749. The lowest BCUT2D eigenvalue weighted by molar-refractivity contribution is 0.0694. The van der Waals surface area contributed by atoms with Crippen LogP contribution in [0.2, 0.25) is 5.02 Å². The standard InChI is InChI=1S/C13H12ClNO4/c1-6-9-8(19-3)5-4-7(14)11(9)15(2)12(16)10(6)13(17)18/h4-5H,1-3H3,(H,17,18). The summed E-state index contributed by atoms with van der Waals surface area (Å²) in [6, 6.07) is 3.26. The molecule has 0 aliphatic heterocycles. The Labute approximate surface area is 114 Å². The molecule has 2 rings (SSSR count). The number of nitrogens with zero attached hydrogens (tertiary/aromatic N) is 1. The summed E-state index contributed by atoms with van der Waals surface area (Å²) < 4.78 is 6.46. The number of methoxy groups -OCH3 is 1. The maximum absolute atomic E-state index is 12.1. The van der Waals surface area contributed by atoms with E-state index in [1.165, 1.54) is 18.7 Å². The zero-order chi connectivity index (χ0) is 14.3. The molecule has 19 heavy (non-hydrogen) atoms.